The second kappa shape index (κ2) is 7.20. The van der Waals surface area contributed by atoms with Crippen molar-refractivity contribution >= 4 is 11.8 Å². The van der Waals surface area contributed by atoms with E-state index in [1.807, 2.05) is 0 Å². The summed E-state index contributed by atoms with van der Waals surface area (Å²) in [5.41, 5.74) is -0.124. The SMILES string of the molecule is CC1CC[C@]2(C)CC[C@]3(C)C(=CC(=O)C4[C@@]5(C)CCC(O)[C@](C)(C(=O)O)C5CC[C@]43C)C2C1C. The Morgan fingerprint density at radius 3 is 2.26 bits per heavy atom. The fraction of sp³-hybridized carbons (Fsp3) is 0.867. The van der Waals surface area contributed by atoms with Crippen molar-refractivity contribution in [2.24, 2.45) is 56.7 Å². The molecule has 4 fully saturated rings. The molecule has 4 nitrogen and oxygen atoms in total. The maximum atomic E-state index is 14.2. The van der Waals surface area contributed by atoms with Gasteiger partial charge < -0.3 is 10.2 Å². The second-order valence-electron chi connectivity index (χ2n) is 14.4. The third-order valence-corrected chi connectivity index (χ3v) is 13.2. The quantitative estimate of drug-likeness (QED) is 0.474. The van der Waals surface area contributed by atoms with Gasteiger partial charge in [0, 0.05) is 5.92 Å². The first-order chi connectivity index (χ1) is 15.7. The zero-order valence-electron chi connectivity index (χ0n) is 22.4. The molecule has 4 heteroatoms. The van der Waals surface area contributed by atoms with E-state index in [9.17, 15) is 19.8 Å². The van der Waals surface area contributed by atoms with Gasteiger partial charge in [0.15, 0.2) is 5.78 Å². The third-order valence-electron chi connectivity index (χ3n) is 13.2. The number of hydrogen-bond donors (Lipinski definition) is 2. The largest absolute Gasteiger partial charge is 0.481 e. The van der Waals surface area contributed by atoms with Crippen LogP contribution in [0.4, 0.5) is 0 Å². The molecule has 0 aromatic carbocycles. The minimum absolute atomic E-state index is 0.0370. The van der Waals surface area contributed by atoms with E-state index in [0.717, 1.165) is 25.7 Å². The van der Waals surface area contributed by atoms with Crippen molar-refractivity contribution < 1.29 is 19.8 Å². The maximum absolute atomic E-state index is 14.2. The normalized spacial score (nSPS) is 56.9. The third kappa shape index (κ3) is 2.70. The molecule has 5 rings (SSSR count). The van der Waals surface area contributed by atoms with Gasteiger partial charge in [0.1, 0.15) is 0 Å². The van der Waals surface area contributed by atoms with Gasteiger partial charge in [-0.25, -0.2) is 0 Å². The lowest BCUT2D eigenvalue weighted by Crippen LogP contribution is -2.68. The molecule has 0 amide bonds. The molecular weight excluding hydrogens is 424 g/mol. The van der Waals surface area contributed by atoms with Gasteiger partial charge in [0.05, 0.1) is 11.5 Å². The number of carbonyl (C=O) groups excluding carboxylic acids is 1. The Morgan fingerprint density at radius 2 is 1.62 bits per heavy atom. The molecular formula is C30H46O4. The van der Waals surface area contributed by atoms with Gasteiger partial charge in [-0.3, -0.25) is 9.59 Å². The summed E-state index contributed by atoms with van der Waals surface area (Å²) in [5.74, 6) is 0.656. The number of ketones is 1. The Morgan fingerprint density at radius 1 is 0.941 bits per heavy atom. The first kappa shape index (κ1) is 24.5. The van der Waals surface area contributed by atoms with Crippen molar-refractivity contribution in [3.05, 3.63) is 11.6 Å². The van der Waals surface area contributed by atoms with Crippen molar-refractivity contribution in [1.29, 1.82) is 0 Å². The van der Waals surface area contributed by atoms with Crippen molar-refractivity contribution in [3.63, 3.8) is 0 Å². The van der Waals surface area contributed by atoms with Gasteiger partial charge in [-0.05, 0) is 110 Å². The van der Waals surface area contributed by atoms with Gasteiger partial charge in [-0.2, -0.15) is 0 Å². The summed E-state index contributed by atoms with van der Waals surface area (Å²) in [5, 5.41) is 21.1. The lowest BCUT2D eigenvalue weighted by Gasteiger charge is -2.70. The summed E-state index contributed by atoms with van der Waals surface area (Å²) < 4.78 is 0. The predicted molar refractivity (Wildman–Crippen MR) is 133 cm³/mol. The molecule has 0 aromatic heterocycles. The van der Waals surface area contributed by atoms with Crippen molar-refractivity contribution in [1.82, 2.24) is 0 Å². The fourth-order valence-corrected chi connectivity index (χ4v) is 10.7. The van der Waals surface area contributed by atoms with Crippen LogP contribution < -0.4 is 0 Å². The highest BCUT2D eigenvalue weighted by molar-refractivity contribution is 5.96. The highest BCUT2D eigenvalue weighted by Crippen LogP contribution is 2.75. The van der Waals surface area contributed by atoms with E-state index in [2.05, 4.69) is 47.6 Å². The number of rotatable bonds is 1. The van der Waals surface area contributed by atoms with E-state index in [1.54, 1.807) is 6.92 Å². The topological polar surface area (TPSA) is 74.6 Å². The summed E-state index contributed by atoms with van der Waals surface area (Å²) in [6, 6.07) is 0. The average Bonchev–Trinajstić information content (AvgIpc) is 2.75. The molecule has 0 spiro atoms. The van der Waals surface area contributed by atoms with Crippen molar-refractivity contribution in [3.8, 4) is 0 Å². The van der Waals surface area contributed by atoms with Crippen LogP contribution in [0.3, 0.4) is 0 Å². The van der Waals surface area contributed by atoms with E-state index in [4.69, 9.17) is 0 Å². The average molecular weight is 471 g/mol. The number of aliphatic hydroxyl groups is 1. The number of fused-ring (bicyclic) bond motifs is 7. The monoisotopic (exact) mass is 470 g/mol. The molecule has 0 radical (unpaired) electrons. The number of aliphatic hydroxyl groups excluding tert-OH is 1. The van der Waals surface area contributed by atoms with Crippen LogP contribution in [0.5, 0.6) is 0 Å². The van der Waals surface area contributed by atoms with Crippen LogP contribution in [0.2, 0.25) is 0 Å². The Kier molecular flexibility index (Phi) is 5.20. The molecule has 6 unspecified atom stereocenters. The van der Waals surface area contributed by atoms with E-state index in [0.29, 0.717) is 24.2 Å². The fourth-order valence-electron chi connectivity index (χ4n) is 10.7. The highest BCUT2D eigenvalue weighted by atomic mass is 16.4. The van der Waals surface area contributed by atoms with E-state index in [1.165, 1.54) is 24.8 Å². The number of aliphatic carboxylic acids is 1. The molecule has 0 bridgehead atoms. The van der Waals surface area contributed by atoms with E-state index >= 15 is 0 Å². The number of hydrogen-bond acceptors (Lipinski definition) is 3. The second-order valence-corrected chi connectivity index (χ2v) is 14.4. The lowest BCUT2D eigenvalue weighted by molar-refractivity contribution is -0.215. The van der Waals surface area contributed by atoms with Gasteiger partial charge in [-0.15, -0.1) is 0 Å². The number of carbonyl (C=O) groups is 2. The zero-order valence-corrected chi connectivity index (χ0v) is 22.4. The summed E-state index contributed by atoms with van der Waals surface area (Å²) >= 11 is 0. The van der Waals surface area contributed by atoms with Gasteiger partial charge >= 0.3 is 5.97 Å². The van der Waals surface area contributed by atoms with E-state index < -0.39 is 22.9 Å². The molecule has 34 heavy (non-hydrogen) atoms. The summed E-state index contributed by atoms with van der Waals surface area (Å²) in [7, 11) is 0. The molecule has 0 saturated heterocycles. The zero-order chi connectivity index (χ0) is 25.1. The first-order valence-corrected chi connectivity index (χ1v) is 13.8. The molecule has 0 aliphatic heterocycles. The first-order valence-electron chi connectivity index (χ1n) is 13.8. The smallest absolute Gasteiger partial charge is 0.312 e. The molecule has 2 N–H and O–H groups in total. The molecule has 5 aliphatic carbocycles. The Labute approximate surface area is 206 Å². The Bertz CT molecular complexity index is 953. The van der Waals surface area contributed by atoms with Crippen LogP contribution in [0.25, 0.3) is 0 Å². The number of allylic oxidation sites excluding steroid dienone is 2. The van der Waals surface area contributed by atoms with Crippen LogP contribution in [0.1, 0.15) is 99.8 Å². The Balaban J connectivity index is 1.65. The highest BCUT2D eigenvalue weighted by Gasteiger charge is 2.71. The molecule has 0 heterocycles. The maximum Gasteiger partial charge on any atom is 0.312 e. The van der Waals surface area contributed by atoms with Crippen LogP contribution in [0.15, 0.2) is 11.6 Å². The van der Waals surface area contributed by atoms with Gasteiger partial charge in [0.2, 0.25) is 0 Å². The van der Waals surface area contributed by atoms with E-state index in [-0.39, 0.29) is 33.9 Å². The van der Waals surface area contributed by atoms with Crippen LogP contribution in [-0.2, 0) is 9.59 Å². The van der Waals surface area contributed by atoms with Crippen molar-refractivity contribution in [2.45, 2.75) is 106 Å². The molecule has 5 aliphatic rings. The predicted octanol–water partition coefficient (Wildman–Crippen LogP) is 6.27. The molecule has 4 saturated carbocycles. The number of carboxylic acids is 1. The summed E-state index contributed by atoms with van der Waals surface area (Å²) in [6.07, 6.45) is 8.89. The standard InChI is InChI=1S/C30H46O4/c1-17-8-11-26(3)14-15-28(5)19(23(26)18(17)2)16-20(31)24-27(4)12-10-22(32)30(7,25(33)34)21(27)9-13-29(24,28)6/h16-18,21-24,32H,8-15H2,1-7H3,(H,33,34)/t17?,18?,21?,22?,23?,24?,26-,27+,28-,29-,30-/m1/s1. The molecule has 0 aromatic rings. The van der Waals surface area contributed by atoms with Crippen LogP contribution in [-0.4, -0.2) is 28.1 Å². The lowest BCUT2D eigenvalue weighted by atomic mass is 9.33. The number of carboxylic acid groups (broad SMARTS) is 1. The summed E-state index contributed by atoms with van der Waals surface area (Å²) in [6.45, 7) is 16.0. The minimum atomic E-state index is -1.20. The minimum Gasteiger partial charge on any atom is -0.481 e. The van der Waals surface area contributed by atoms with Gasteiger partial charge in [0.25, 0.3) is 0 Å². The van der Waals surface area contributed by atoms with Crippen LogP contribution in [0, 0.1) is 56.7 Å². The van der Waals surface area contributed by atoms with Crippen LogP contribution >= 0.6 is 0 Å². The summed E-state index contributed by atoms with van der Waals surface area (Å²) in [4.78, 5) is 26.7. The Hall–Kier alpha value is -1.16. The van der Waals surface area contributed by atoms with Gasteiger partial charge in [-0.1, -0.05) is 47.1 Å². The molecule has 11 atom stereocenters. The molecule has 190 valence electrons. The van der Waals surface area contributed by atoms with Crippen molar-refractivity contribution in [2.75, 3.05) is 0 Å².